The molecular formula is C74H94F2N2O12. The summed E-state index contributed by atoms with van der Waals surface area (Å²) in [5.41, 5.74) is 1.88. The van der Waals surface area contributed by atoms with Crippen molar-refractivity contribution < 1.29 is 66.1 Å². The summed E-state index contributed by atoms with van der Waals surface area (Å²) in [5.74, 6) is -0.486. The number of esters is 3. The molecule has 90 heavy (non-hydrogen) atoms. The third kappa shape index (κ3) is 9.62. The van der Waals surface area contributed by atoms with E-state index in [0.29, 0.717) is 72.0 Å². The van der Waals surface area contributed by atoms with Crippen molar-refractivity contribution in [1.29, 1.82) is 0 Å². The van der Waals surface area contributed by atoms with Gasteiger partial charge in [-0.25, -0.2) is 8.78 Å². The van der Waals surface area contributed by atoms with Crippen molar-refractivity contribution in [2.75, 3.05) is 0 Å². The fraction of sp³-hybridized carbons (Fsp3) is 0.635. The fourth-order valence-electron chi connectivity index (χ4n) is 19.0. The molecule has 10 bridgehead atoms. The van der Waals surface area contributed by atoms with E-state index in [1.165, 1.54) is 57.0 Å². The normalized spacial score (nSPS) is 37.2. The van der Waals surface area contributed by atoms with Gasteiger partial charge in [0.1, 0.15) is 41.5 Å². The first-order valence-corrected chi connectivity index (χ1v) is 32.2. The van der Waals surface area contributed by atoms with Crippen molar-refractivity contribution in [3.63, 3.8) is 0 Å². The largest absolute Gasteiger partial charge is 0.462 e. The van der Waals surface area contributed by atoms with Crippen molar-refractivity contribution >= 4 is 52.6 Å². The smallest absolute Gasteiger partial charge is 0.302 e. The third-order valence-electron chi connectivity index (χ3n) is 27.1. The van der Waals surface area contributed by atoms with Crippen molar-refractivity contribution in [2.45, 2.75) is 213 Å². The number of allylic oxidation sites excluding steroid dienone is 2. The van der Waals surface area contributed by atoms with Gasteiger partial charge < -0.3 is 14.2 Å². The highest BCUT2D eigenvalue weighted by molar-refractivity contribution is 6.43. The number of rotatable bonds is 6. The summed E-state index contributed by atoms with van der Waals surface area (Å²) in [6, 6.07) is 14.8. The van der Waals surface area contributed by atoms with E-state index in [0.717, 1.165) is 18.5 Å². The highest BCUT2D eigenvalue weighted by atomic mass is 19.1. The molecule has 0 amide bonds. The van der Waals surface area contributed by atoms with Crippen LogP contribution in [-0.4, -0.2) is 81.1 Å². The summed E-state index contributed by atoms with van der Waals surface area (Å²) in [6.45, 7) is 39.9. The maximum atomic E-state index is 14.0. The van der Waals surface area contributed by atoms with Gasteiger partial charge in [-0.15, -0.1) is 0 Å². The number of hydrogen-bond donors (Lipinski definition) is 0. The number of carbonyl (C=O) groups is 9. The molecule has 9 fully saturated rings. The van der Waals surface area contributed by atoms with Gasteiger partial charge in [0, 0.05) is 72.8 Å². The van der Waals surface area contributed by atoms with Crippen LogP contribution in [0.2, 0.25) is 0 Å². The van der Waals surface area contributed by atoms with Crippen molar-refractivity contribution in [3.05, 3.63) is 94.7 Å². The topological polar surface area (TPSA) is 207 Å². The van der Waals surface area contributed by atoms with Crippen LogP contribution in [0, 0.1) is 95.9 Å². The van der Waals surface area contributed by atoms with Gasteiger partial charge in [-0.3, -0.25) is 43.2 Å². The maximum absolute atomic E-state index is 14.0. The summed E-state index contributed by atoms with van der Waals surface area (Å²) in [6.07, 6.45) is 5.97. The Morgan fingerprint density at radius 1 is 0.522 bits per heavy atom. The average Bonchev–Trinajstić information content (AvgIpc) is 1.56. The second kappa shape index (κ2) is 22.4. The van der Waals surface area contributed by atoms with E-state index in [2.05, 4.69) is 99.3 Å². The Kier molecular flexibility index (Phi) is 16.9. The standard InChI is InChI=1S/C19H21FN2.C19H21FO2.C12H16O4.2C12H18O3/c1-11-9-14-13-10-16(12-7-5-6-8-15(12)20)21-22-17(13)19(11,4)18(14,2)3;1-11-9-14-13(17(22)19(11,4)18(14,2)3)10-16(21)12-7-5-6-8-15(12)20;1-6(13)16-8-5-7-9(14)10(15)12(8,4)11(7,2)3;1-7(13)15-10-5-8-9(14)6-12(10,4)11(8,2)3;1-7(13)15-10-6-8-5-9(14)12(10,4)11(8,2)3/h2*5-8,10-11,14H,9H2,1-4H3;7-8H,5H2,1-4H3;2*8,10H,5-6H2,1-4H3/t2*11-,14+,19-;7-,8+,12+;8-,10+,12-;8-,10-,12+/m00110/s1. The number of Topliss-reactive ketones (excluding diaryl/α,β-unsaturated/α-hetero) is 5. The van der Waals surface area contributed by atoms with Crippen LogP contribution < -0.4 is 0 Å². The molecule has 2 aromatic carbocycles. The van der Waals surface area contributed by atoms with Gasteiger partial charge in [-0.1, -0.05) is 128 Å². The van der Waals surface area contributed by atoms with Crippen LogP contribution >= 0.6 is 0 Å². The molecule has 1 heterocycles. The lowest BCUT2D eigenvalue weighted by Crippen LogP contribution is -2.45. The Morgan fingerprint density at radius 3 is 1.50 bits per heavy atom. The number of ketones is 6. The predicted octanol–water partition coefficient (Wildman–Crippen LogP) is 13.9. The molecular weight excluding hydrogens is 1150 g/mol. The predicted molar refractivity (Wildman–Crippen MR) is 334 cm³/mol. The number of ether oxygens (including phenoxy) is 3. The van der Waals surface area contributed by atoms with E-state index in [1.807, 2.05) is 33.8 Å². The number of fused-ring (bicyclic) bond motifs is 13. The molecule has 15 atom stereocenters. The Hall–Kier alpha value is -6.45. The molecule has 0 spiro atoms. The van der Waals surface area contributed by atoms with Gasteiger partial charge in [0.05, 0.1) is 27.8 Å². The van der Waals surface area contributed by atoms with Crippen LogP contribution in [0.25, 0.3) is 11.3 Å². The molecule has 10 aliphatic rings. The highest BCUT2D eigenvalue weighted by Gasteiger charge is 2.73. The highest BCUT2D eigenvalue weighted by Crippen LogP contribution is 2.71. The van der Waals surface area contributed by atoms with Crippen LogP contribution in [-0.2, 0) is 58.0 Å². The zero-order valence-corrected chi connectivity index (χ0v) is 56.5. The summed E-state index contributed by atoms with van der Waals surface area (Å²) in [4.78, 5) is 106. The third-order valence-corrected chi connectivity index (χ3v) is 27.1. The quantitative estimate of drug-likeness (QED) is 0.0740. The lowest BCUT2D eigenvalue weighted by Gasteiger charge is -2.37. The van der Waals surface area contributed by atoms with Gasteiger partial charge in [-0.2, -0.15) is 10.2 Å². The van der Waals surface area contributed by atoms with Crippen molar-refractivity contribution in [3.8, 4) is 11.3 Å². The molecule has 486 valence electrons. The van der Waals surface area contributed by atoms with Crippen LogP contribution in [0.5, 0.6) is 0 Å². The van der Waals surface area contributed by atoms with Gasteiger partial charge in [0.25, 0.3) is 0 Å². The summed E-state index contributed by atoms with van der Waals surface area (Å²) < 4.78 is 43.6. The first kappa shape index (κ1) is 67.9. The molecule has 0 unspecified atom stereocenters. The summed E-state index contributed by atoms with van der Waals surface area (Å²) >= 11 is 0. The van der Waals surface area contributed by atoms with E-state index >= 15 is 0 Å². The van der Waals surface area contributed by atoms with E-state index in [9.17, 15) is 51.9 Å². The number of carbonyl (C=O) groups excluding carboxylic acids is 9. The molecule has 14 nitrogen and oxygen atoms in total. The zero-order chi connectivity index (χ0) is 67.1. The lowest BCUT2D eigenvalue weighted by atomic mass is 9.66. The molecule has 0 aliphatic heterocycles. The molecule has 10 aliphatic carbocycles. The molecule has 16 heteroatoms. The monoisotopic (exact) mass is 1240 g/mol. The molecule has 13 rings (SSSR count). The van der Waals surface area contributed by atoms with E-state index in [-0.39, 0.29) is 109 Å². The van der Waals surface area contributed by atoms with Crippen LogP contribution in [0.4, 0.5) is 8.78 Å². The maximum Gasteiger partial charge on any atom is 0.302 e. The second-order valence-electron chi connectivity index (χ2n) is 31.8. The minimum absolute atomic E-state index is 0.0292. The first-order chi connectivity index (χ1) is 41.4. The van der Waals surface area contributed by atoms with Gasteiger partial charge >= 0.3 is 17.9 Å². The fourth-order valence-corrected chi connectivity index (χ4v) is 19.0. The van der Waals surface area contributed by atoms with E-state index in [4.69, 9.17) is 14.2 Å². The number of aromatic nitrogens is 2. The number of nitrogens with zero attached hydrogens (tertiary/aromatic N) is 2. The van der Waals surface area contributed by atoms with E-state index in [1.54, 1.807) is 31.2 Å². The summed E-state index contributed by atoms with van der Waals surface area (Å²) in [5, 5.41) is 8.92. The minimum atomic E-state index is -0.847. The molecule has 9 saturated carbocycles. The van der Waals surface area contributed by atoms with Gasteiger partial charge in [0.2, 0.25) is 11.6 Å². The van der Waals surface area contributed by atoms with Crippen LogP contribution in [0.3, 0.4) is 0 Å². The SMILES string of the molecule is CC(=O)O[C@H]1C[C@@H]2C(=O)C(=O)[C@@]1(C)C2(C)C.CC(=O)O[C@H]1C[C@@H]2C(=O)C[C@@]1(C)C2(C)C.CC(=O)O[C@H]1C[C@@H]2CC(=O)[C@@]1(C)C2(C)C.C[C@H]1C[C@@H]2C(=CC(=O)c3ccccc3F)C(=O)[C@@]1(C)C2(C)C.C[C@H]1C[C@@H]2c3cc(-c4ccccc4F)nnc3[C@@]1(C)C2(C)C. The van der Waals surface area contributed by atoms with Crippen LogP contribution in [0.15, 0.2) is 66.2 Å². The Labute approximate surface area is 530 Å². The molecule has 1 aromatic heterocycles. The lowest BCUT2D eigenvalue weighted by molar-refractivity contribution is -0.161. The van der Waals surface area contributed by atoms with Gasteiger partial charge in [-0.05, 0) is 145 Å². The minimum Gasteiger partial charge on any atom is -0.462 e. The molecule has 3 aromatic rings. The van der Waals surface area contributed by atoms with E-state index < -0.39 is 45.3 Å². The van der Waals surface area contributed by atoms with Crippen LogP contribution in [0.1, 0.15) is 211 Å². The average molecular weight is 1240 g/mol. The Morgan fingerprint density at radius 2 is 1.02 bits per heavy atom. The van der Waals surface area contributed by atoms with Crippen molar-refractivity contribution in [2.24, 2.45) is 84.2 Å². The Bertz CT molecular complexity index is 3580. The zero-order valence-electron chi connectivity index (χ0n) is 56.5. The van der Waals surface area contributed by atoms with Crippen molar-refractivity contribution in [1.82, 2.24) is 10.2 Å². The summed E-state index contributed by atoms with van der Waals surface area (Å²) in [7, 11) is 0. The molecule has 0 N–H and O–H groups in total. The number of hydrogen-bond acceptors (Lipinski definition) is 14. The van der Waals surface area contributed by atoms with Gasteiger partial charge in [0.15, 0.2) is 11.6 Å². The number of halogens is 2. The number of benzene rings is 2. The first-order valence-electron chi connectivity index (χ1n) is 32.2. The Balaban J connectivity index is 0.000000135. The molecule has 0 radical (unpaired) electrons. The molecule has 0 saturated heterocycles. The second-order valence-corrected chi connectivity index (χ2v) is 31.8.